The summed E-state index contributed by atoms with van der Waals surface area (Å²) in [4.78, 5) is 27.9. The van der Waals surface area contributed by atoms with Gasteiger partial charge in [-0.05, 0) is 39.0 Å². The average molecular weight is 316 g/mol. The van der Waals surface area contributed by atoms with Crippen LogP contribution in [-0.4, -0.2) is 30.3 Å². The molecule has 0 saturated heterocycles. The zero-order valence-electron chi connectivity index (χ0n) is 13.3. The predicted octanol–water partition coefficient (Wildman–Crippen LogP) is 3.38. The Morgan fingerprint density at radius 1 is 1.14 bits per heavy atom. The third kappa shape index (κ3) is 3.95. The van der Waals surface area contributed by atoms with Crippen LogP contribution < -0.4 is 5.32 Å². The molecule has 0 radical (unpaired) electrons. The van der Waals surface area contributed by atoms with Gasteiger partial charge in [0.25, 0.3) is 5.91 Å². The molecule has 0 aliphatic carbocycles. The Morgan fingerprint density at radius 3 is 2.32 bits per heavy atom. The summed E-state index contributed by atoms with van der Waals surface area (Å²) in [6.07, 6.45) is 0. The molecule has 0 bridgehead atoms. The van der Waals surface area contributed by atoms with Crippen LogP contribution >= 0.6 is 11.3 Å². The van der Waals surface area contributed by atoms with Gasteiger partial charge in [-0.15, -0.1) is 11.3 Å². The zero-order valence-corrected chi connectivity index (χ0v) is 14.1. The van der Waals surface area contributed by atoms with Gasteiger partial charge in [-0.2, -0.15) is 0 Å². The number of anilines is 1. The van der Waals surface area contributed by atoms with E-state index in [1.54, 1.807) is 18.4 Å². The Hall–Kier alpha value is -2.14. The molecular formula is C17H20N2O2S. The van der Waals surface area contributed by atoms with E-state index in [0.717, 1.165) is 21.0 Å². The highest BCUT2D eigenvalue weighted by molar-refractivity contribution is 7.12. The van der Waals surface area contributed by atoms with Crippen molar-refractivity contribution in [3.63, 3.8) is 0 Å². The van der Waals surface area contributed by atoms with E-state index in [1.807, 2.05) is 51.1 Å². The first-order chi connectivity index (χ1) is 10.4. The van der Waals surface area contributed by atoms with Gasteiger partial charge in [-0.1, -0.05) is 17.7 Å². The molecule has 2 rings (SSSR count). The lowest BCUT2D eigenvalue weighted by molar-refractivity contribution is -0.116. The summed E-state index contributed by atoms with van der Waals surface area (Å²) >= 11 is 1.59. The molecule has 1 N–H and O–H groups in total. The number of amides is 2. The molecule has 0 unspecified atom stereocenters. The Kier molecular flexibility index (Phi) is 4.98. The monoisotopic (exact) mass is 316 g/mol. The van der Waals surface area contributed by atoms with Crippen molar-refractivity contribution in [1.29, 1.82) is 0 Å². The number of hydrogen-bond acceptors (Lipinski definition) is 3. The Morgan fingerprint density at radius 2 is 1.77 bits per heavy atom. The number of nitrogens with zero attached hydrogens (tertiary/aromatic N) is 1. The summed E-state index contributed by atoms with van der Waals surface area (Å²) in [5, 5.41) is 2.80. The van der Waals surface area contributed by atoms with E-state index < -0.39 is 0 Å². The highest BCUT2D eigenvalue weighted by Crippen LogP contribution is 2.21. The molecule has 1 aromatic heterocycles. The van der Waals surface area contributed by atoms with Gasteiger partial charge < -0.3 is 10.2 Å². The van der Waals surface area contributed by atoms with Gasteiger partial charge in [0.1, 0.15) is 0 Å². The second-order valence-corrected chi connectivity index (χ2v) is 6.86. The quantitative estimate of drug-likeness (QED) is 0.940. The highest BCUT2D eigenvalue weighted by atomic mass is 32.1. The maximum absolute atomic E-state index is 12.4. The third-order valence-corrected chi connectivity index (χ3v) is 4.30. The Balaban J connectivity index is 1.97. The van der Waals surface area contributed by atoms with E-state index >= 15 is 0 Å². The lowest BCUT2D eigenvalue weighted by Crippen LogP contribution is -2.35. The number of rotatable bonds is 4. The average Bonchev–Trinajstić information content (AvgIpc) is 2.79. The van der Waals surface area contributed by atoms with Crippen LogP contribution in [0.5, 0.6) is 0 Å². The van der Waals surface area contributed by atoms with Crippen molar-refractivity contribution in [1.82, 2.24) is 4.90 Å². The van der Waals surface area contributed by atoms with Crippen LogP contribution in [0.25, 0.3) is 0 Å². The number of aryl methyl sites for hydroxylation is 3. The Bertz CT molecular complexity index is 689. The number of hydrogen-bond donors (Lipinski definition) is 1. The van der Waals surface area contributed by atoms with E-state index in [-0.39, 0.29) is 18.4 Å². The minimum atomic E-state index is -0.204. The third-order valence-electron chi connectivity index (χ3n) is 3.33. The fraction of sp³-hybridized carbons (Fsp3) is 0.294. The molecule has 1 heterocycles. The van der Waals surface area contributed by atoms with Crippen LogP contribution in [0.15, 0.2) is 30.3 Å². The number of nitrogens with one attached hydrogen (secondary N) is 1. The summed E-state index contributed by atoms with van der Waals surface area (Å²) in [6, 6.07) is 9.43. The van der Waals surface area contributed by atoms with Gasteiger partial charge in [0, 0.05) is 22.5 Å². The molecule has 22 heavy (non-hydrogen) atoms. The summed E-state index contributed by atoms with van der Waals surface area (Å²) in [7, 11) is 1.64. The number of carbonyl (C=O) groups is 2. The number of thiophene rings is 1. The van der Waals surface area contributed by atoms with Crippen LogP contribution in [-0.2, 0) is 4.79 Å². The van der Waals surface area contributed by atoms with Crippen molar-refractivity contribution in [2.75, 3.05) is 18.9 Å². The molecule has 0 spiro atoms. The summed E-state index contributed by atoms with van der Waals surface area (Å²) in [6.45, 7) is 5.91. The number of likely N-dealkylation sites (N-methyl/N-ethyl adjacent to an activating group) is 1. The predicted molar refractivity (Wildman–Crippen MR) is 90.6 cm³/mol. The van der Waals surface area contributed by atoms with Crippen molar-refractivity contribution in [3.8, 4) is 0 Å². The van der Waals surface area contributed by atoms with E-state index in [1.165, 1.54) is 4.90 Å². The van der Waals surface area contributed by atoms with E-state index in [2.05, 4.69) is 5.32 Å². The molecule has 5 heteroatoms. The van der Waals surface area contributed by atoms with E-state index in [9.17, 15) is 9.59 Å². The van der Waals surface area contributed by atoms with Crippen LogP contribution in [0.2, 0.25) is 0 Å². The highest BCUT2D eigenvalue weighted by Gasteiger charge is 2.18. The van der Waals surface area contributed by atoms with E-state index in [4.69, 9.17) is 0 Å². The van der Waals surface area contributed by atoms with Gasteiger partial charge in [-0.25, -0.2) is 0 Å². The first-order valence-corrected chi connectivity index (χ1v) is 7.87. The maximum atomic E-state index is 12.4. The number of benzene rings is 1. The smallest absolute Gasteiger partial charge is 0.255 e. The van der Waals surface area contributed by atoms with Crippen molar-refractivity contribution >= 4 is 28.8 Å². The van der Waals surface area contributed by atoms with Crippen LogP contribution in [0.1, 0.15) is 25.7 Å². The zero-order chi connectivity index (χ0) is 16.3. The molecule has 116 valence electrons. The fourth-order valence-corrected chi connectivity index (χ4v) is 3.09. The topological polar surface area (TPSA) is 49.4 Å². The molecule has 2 amide bonds. The van der Waals surface area contributed by atoms with Crippen molar-refractivity contribution in [3.05, 3.63) is 51.2 Å². The summed E-state index contributed by atoms with van der Waals surface area (Å²) in [5.41, 5.74) is 2.54. The number of carbonyl (C=O) groups excluding carboxylic acids is 2. The SMILES string of the molecule is Cc1ccc(NC(=O)CN(C)C(=O)c2cc(C)sc2C)cc1. The second-order valence-electron chi connectivity index (χ2n) is 5.40. The van der Waals surface area contributed by atoms with Gasteiger partial charge in [-0.3, -0.25) is 9.59 Å². The molecule has 1 aromatic carbocycles. The van der Waals surface area contributed by atoms with Crippen molar-refractivity contribution in [2.45, 2.75) is 20.8 Å². The molecule has 0 saturated carbocycles. The van der Waals surface area contributed by atoms with Gasteiger partial charge in [0.05, 0.1) is 12.1 Å². The lowest BCUT2D eigenvalue weighted by atomic mass is 10.2. The largest absolute Gasteiger partial charge is 0.332 e. The van der Waals surface area contributed by atoms with Crippen molar-refractivity contribution < 1.29 is 9.59 Å². The maximum Gasteiger partial charge on any atom is 0.255 e. The standard InChI is InChI=1S/C17H20N2O2S/c1-11-5-7-14(8-6-11)18-16(20)10-19(4)17(21)15-9-12(2)22-13(15)3/h5-9H,10H2,1-4H3,(H,18,20). The normalized spacial score (nSPS) is 10.4. The fourth-order valence-electron chi connectivity index (χ4n) is 2.17. The van der Waals surface area contributed by atoms with Crippen LogP contribution in [0.4, 0.5) is 5.69 Å². The summed E-state index contributed by atoms with van der Waals surface area (Å²) < 4.78 is 0. The molecule has 2 aromatic rings. The molecular weight excluding hydrogens is 296 g/mol. The van der Waals surface area contributed by atoms with E-state index in [0.29, 0.717) is 5.56 Å². The lowest BCUT2D eigenvalue weighted by Gasteiger charge is -2.16. The van der Waals surface area contributed by atoms with Gasteiger partial charge in [0.15, 0.2) is 0 Å². The van der Waals surface area contributed by atoms with Gasteiger partial charge >= 0.3 is 0 Å². The molecule has 0 atom stereocenters. The van der Waals surface area contributed by atoms with Crippen LogP contribution in [0.3, 0.4) is 0 Å². The minimum absolute atomic E-state index is 0.0288. The Labute approximate surface area is 134 Å². The first-order valence-electron chi connectivity index (χ1n) is 7.06. The summed E-state index contributed by atoms with van der Waals surface area (Å²) in [5.74, 6) is -0.329. The van der Waals surface area contributed by atoms with Crippen molar-refractivity contribution in [2.24, 2.45) is 0 Å². The van der Waals surface area contributed by atoms with Gasteiger partial charge in [0.2, 0.25) is 5.91 Å². The van der Waals surface area contributed by atoms with Crippen LogP contribution in [0, 0.1) is 20.8 Å². The minimum Gasteiger partial charge on any atom is -0.332 e. The molecule has 0 aliphatic heterocycles. The first kappa shape index (κ1) is 16.2. The molecule has 4 nitrogen and oxygen atoms in total. The molecule has 0 fully saturated rings. The second kappa shape index (κ2) is 6.75. The molecule has 0 aliphatic rings.